The molecule has 0 saturated carbocycles. The predicted octanol–water partition coefficient (Wildman–Crippen LogP) is 1.77. The summed E-state index contributed by atoms with van der Waals surface area (Å²) in [6, 6.07) is 15.7. The molecule has 2 aromatic rings. The molecular formula is C14H13NO4S. The van der Waals surface area contributed by atoms with Gasteiger partial charge in [-0.25, -0.2) is 0 Å². The van der Waals surface area contributed by atoms with Crippen molar-refractivity contribution in [2.45, 2.75) is 5.25 Å². The average Bonchev–Trinajstić information content (AvgIpc) is 2.38. The number of hydrogen-bond donors (Lipinski definition) is 2. The van der Waals surface area contributed by atoms with E-state index >= 15 is 0 Å². The summed E-state index contributed by atoms with van der Waals surface area (Å²) in [5, 5.41) is -1.74. The molecule has 0 radical (unpaired) electrons. The van der Waals surface area contributed by atoms with Crippen molar-refractivity contribution in [3.05, 3.63) is 60.2 Å². The van der Waals surface area contributed by atoms with Gasteiger partial charge >= 0.3 is 0 Å². The van der Waals surface area contributed by atoms with Crippen LogP contribution in [0.3, 0.4) is 0 Å². The van der Waals surface area contributed by atoms with Crippen molar-refractivity contribution in [3.8, 4) is 11.1 Å². The second-order valence-electron chi connectivity index (χ2n) is 4.29. The Balaban J connectivity index is 2.40. The van der Waals surface area contributed by atoms with Crippen molar-refractivity contribution in [2.75, 3.05) is 0 Å². The van der Waals surface area contributed by atoms with Gasteiger partial charge in [-0.1, -0.05) is 54.6 Å². The van der Waals surface area contributed by atoms with E-state index in [-0.39, 0.29) is 5.56 Å². The Morgan fingerprint density at radius 2 is 1.45 bits per heavy atom. The van der Waals surface area contributed by atoms with Gasteiger partial charge in [0.2, 0.25) is 5.91 Å². The Morgan fingerprint density at radius 3 is 1.90 bits per heavy atom. The van der Waals surface area contributed by atoms with Crippen molar-refractivity contribution < 1.29 is 17.8 Å². The molecule has 0 bridgehead atoms. The van der Waals surface area contributed by atoms with Gasteiger partial charge in [-0.15, -0.1) is 0 Å². The van der Waals surface area contributed by atoms with Gasteiger partial charge in [0.05, 0.1) is 0 Å². The summed E-state index contributed by atoms with van der Waals surface area (Å²) in [4.78, 5) is 11.2. The highest BCUT2D eigenvalue weighted by molar-refractivity contribution is 7.86. The van der Waals surface area contributed by atoms with Crippen LogP contribution < -0.4 is 5.73 Å². The summed E-state index contributed by atoms with van der Waals surface area (Å²) in [6.07, 6.45) is 0. The van der Waals surface area contributed by atoms with Gasteiger partial charge in [-0.2, -0.15) is 8.42 Å². The molecule has 3 N–H and O–H groups in total. The monoisotopic (exact) mass is 291 g/mol. The zero-order valence-corrected chi connectivity index (χ0v) is 11.2. The van der Waals surface area contributed by atoms with Gasteiger partial charge in [0.1, 0.15) is 0 Å². The number of hydrogen-bond acceptors (Lipinski definition) is 3. The van der Waals surface area contributed by atoms with Gasteiger partial charge < -0.3 is 5.73 Å². The third-order valence-corrected chi connectivity index (χ3v) is 3.98. The van der Waals surface area contributed by atoms with Gasteiger partial charge in [-0.3, -0.25) is 9.35 Å². The van der Waals surface area contributed by atoms with E-state index < -0.39 is 21.3 Å². The lowest BCUT2D eigenvalue weighted by atomic mass is 10.0. The van der Waals surface area contributed by atoms with E-state index in [1.807, 2.05) is 30.3 Å². The summed E-state index contributed by atoms with van der Waals surface area (Å²) in [5.41, 5.74) is 6.99. The van der Waals surface area contributed by atoms with Crippen LogP contribution in [0.4, 0.5) is 0 Å². The van der Waals surface area contributed by atoms with Crippen LogP contribution in [-0.4, -0.2) is 18.9 Å². The van der Waals surface area contributed by atoms with Crippen LogP contribution >= 0.6 is 0 Å². The number of primary amides is 1. The van der Waals surface area contributed by atoms with Crippen LogP contribution in [0, 0.1) is 0 Å². The Hall–Kier alpha value is -2.18. The first-order chi connectivity index (χ1) is 9.39. The second-order valence-corrected chi connectivity index (χ2v) is 5.79. The zero-order valence-electron chi connectivity index (χ0n) is 10.4. The molecule has 0 aliphatic heterocycles. The standard InChI is InChI=1S/C14H13NO4S/c15-14(16)13(20(17,18)19)12-8-6-11(7-9-12)10-4-2-1-3-5-10/h1-9,13H,(H2,15,16)(H,17,18,19). The molecule has 2 rings (SSSR count). The number of amides is 1. The van der Waals surface area contributed by atoms with Gasteiger partial charge in [0, 0.05) is 0 Å². The number of rotatable bonds is 4. The van der Waals surface area contributed by atoms with Crippen LogP contribution in [0.5, 0.6) is 0 Å². The maximum absolute atomic E-state index is 11.2. The first kappa shape index (κ1) is 14.2. The highest BCUT2D eigenvalue weighted by Gasteiger charge is 2.30. The number of nitrogens with two attached hydrogens (primary N) is 1. The van der Waals surface area contributed by atoms with E-state index in [1.54, 1.807) is 12.1 Å². The Bertz CT molecular complexity index is 709. The van der Waals surface area contributed by atoms with Crippen molar-refractivity contribution in [2.24, 2.45) is 5.73 Å². The fourth-order valence-electron chi connectivity index (χ4n) is 1.96. The highest BCUT2D eigenvalue weighted by atomic mass is 32.2. The quantitative estimate of drug-likeness (QED) is 0.839. The number of carbonyl (C=O) groups excluding carboxylic acids is 1. The lowest BCUT2D eigenvalue weighted by Gasteiger charge is -2.11. The molecule has 0 aromatic heterocycles. The average molecular weight is 291 g/mol. The second kappa shape index (κ2) is 5.44. The lowest BCUT2D eigenvalue weighted by molar-refractivity contribution is -0.117. The van der Waals surface area contributed by atoms with E-state index in [0.29, 0.717) is 0 Å². The maximum Gasteiger partial charge on any atom is 0.281 e. The molecule has 0 aliphatic carbocycles. The van der Waals surface area contributed by atoms with Gasteiger partial charge in [0.25, 0.3) is 10.1 Å². The maximum atomic E-state index is 11.2. The molecule has 0 saturated heterocycles. The first-order valence-electron chi connectivity index (χ1n) is 5.80. The summed E-state index contributed by atoms with van der Waals surface area (Å²) >= 11 is 0. The minimum absolute atomic E-state index is 0.139. The normalized spacial score (nSPS) is 12.8. The van der Waals surface area contributed by atoms with Crippen LogP contribution in [0.15, 0.2) is 54.6 Å². The molecular weight excluding hydrogens is 278 g/mol. The summed E-state index contributed by atoms with van der Waals surface area (Å²) in [6.45, 7) is 0. The molecule has 1 unspecified atom stereocenters. The Kier molecular flexibility index (Phi) is 3.87. The molecule has 104 valence electrons. The highest BCUT2D eigenvalue weighted by Crippen LogP contribution is 2.25. The van der Waals surface area contributed by atoms with E-state index in [0.717, 1.165) is 11.1 Å². The number of carbonyl (C=O) groups is 1. The van der Waals surface area contributed by atoms with Crippen LogP contribution in [0.1, 0.15) is 10.8 Å². The molecule has 0 aliphatic rings. The summed E-state index contributed by atoms with van der Waals surface area (Å²) < 4.78 is 31.4. The largest absolute Gasteiger partial charge is 0.368 e. The molecule has 1 amide bonds. The molecule has 5 nitrogen and oxygen atoms in total. The molecule has 1 atom stereocenters. The molecule has 0 spiro atoms. The molecule has 20 heavy (non-hydrogen) atoms. The van der Waals surface area contributed by atoms with Crippen molar-refractivity contribution in [3.63, 3.8) is 0 Å². The van der Waals surface area contributed by atoms with Crippen molar-refractivity contribution >= 4 is 16.0 Å². The fraction of sp³-hybridized carbons (Fsp3) is 0.0714. The predicted molar refractivity (Wildman–Crippen MR) is 75.4 cm³/mol. The molecule has 6 heteroatoms. The fourth-order valence-corrected chi connectivity index (χ4v) is 2.76. The van der Waals surface area contributed by atoms with E-state index in [2.05, 4.69) is 0 Å². The summed E-state index contributed by atoms with van der Waals surface area (Å²) in [5.74, 6) is -1.11. The third kappa shape index (κ3) is 3.04. The Labute approximate surface area is 116 Å². The smallest absolute Gasteiger partial charge is 0.281 e. The Morgan fingerprint density at radius 1 is 0.950 bits per heavy atom. The zero-order chi connectivity index (χ0) is 14.8. The van der Waals surface area contributed by atoms with Crippen LogP contribution in [-0.2, 0) is 14.9 Å². The van der Waals surface area contributed by atoms with Crippen LogP contribution in [0.25, 0.3) is 11.1 Å². The van der Waals surface area contributed by atoms with Crippen molar-refractivity contribution in [1.29, 1.82) is 0 Å². The van der Waals surface area contributed by atoms with Crippen LogP contribution in [0.2, 0.25) is 0 Å². The molecule has 0 fully saturated rings. The topological polar surface area (TPSA) is 97.5 Å². The van der Waals surface area contributed by atoms with E-state index in [9.17, 15) is 13.2 Å². The third-order valence-electron chi connectivity index (χ3n) is 2.88. The van der Waals surface area contributed by atoms with Gasteiger partial charge in [-0.05, 0) is 16.7 Å². The molecule has 0 heterocycles. The SMILES string of the molecule is NC(=O)C(c1ccc(-c2ccccc2)cc1)S(=O)(=O)O. The number of benzene rings is 2. The van der Waals surface area contributed by atoms with Crippen molar-refractivity contribution in [1.82, 2.24) is 0 Å². The van der Waals surface area contributed by atoms with E-state index in [1.165, 1.54) is 12.1 Å². The summed E-state index contributed by atoms with van der Waals surface area (Å²) in [7, 11) is -4.57. The minimum Gasteiger partial charge on any atom is -0.368 e. The first-order valence-corrected chi connectivity index (χ1v) is 7.31. The van der Waals surface area contributed by atoms with E-state index in [4.69, 9.17) is 10.3 Å². The minimum atomic E-state index is -4.57. The lowest BCUT2D eigenvalue weighted by Crippen LogP contribution is -2.28. The molecule has 2 aromatic carbocycles. The van der Waals surface area contributed by atoms with Gasteiger partial charge in [0.15, 0.2) is 5.25 Å².